The summed E-state index contributed by atoms with van der Waals surface area (Å²) in [5.74, 6) is 0.870. The van der Waals surface area contributed by atoms with E-state index in [2.05, 4.69) is 20.3 Å². The van der Waals surface area contributed by atoms with Gasteiger partial charge in [-0.15, -0.1) is 11.3 Å². The highest BCUT2D eigenvalue weighted by Gasteiger charge is 2.19. The van der Waals surface area contributed by atoms with Gasteiger partial charge in [0.1, 0.15) is 17.0 Å². The van der Waals surface area contributed by atoms with Crippen molar-refractivity contribution in [3.8, 4) is 0 Å². The van der Waals surface area contributed by atoms with Crippen LogP contribution in [0.15, 0.2) is 29.5 Å². The van der Waals surface area contributed by atoms with E-state index in [4.69, 9.17) is 0 Å². The van der Waals surface area contributed by atoms with Crippen LogP contribution in [0.2, 0.25) is 0 Å². The standard InChI is InChI=1S/C16H16N4OS/c21-11-5-6-17-10(7-11)8-18-15-14-12-3-1-2-4-13(12)22-16(14)20-9-19-15/h5-7,9H,1-4,8H2,(H,17,21)(H,18,19,20). The molecule has 0 atom stereocenters. The summed E-state index contributed by atoms with van der Waals surface area (Å²) in [6.07, 6.45) is 8.05. The summed E-state index contributed by atoms with van der Waals surface area (Å²) in [6.45, 7) is 0.548. The summed E-state index contributed by atoms with van der Waals surface area (Å²) in [5, 5.41) is 4.52. The Kier molecular flexibility index (Phi) is 3.38. The predicted molar refractivity (Wildman–Crippen MR) is 88.4 cm³/mol. The number of fused-ring (bicyclic) bond motifs is 3. The Morgan fingerprint density at radius 2 is 2.18 bits per heavy atom. The highest BCUT2D eigenvalue weighted by molar-refractivity contribution is 7.19. The molecule has 0 radical (unpaired) electrons. The van der Waals surface area contributed by atoms with Crippen LogP contribution in [0.1, 0.15) is 29.0 Å². The van der Waals surface area contributed by atoms with Crippen molar-refractivity contribution >= 4 is 27.4 Å². The number of thiophene rings is 1. The van der Waals surface area contributed by atoms with E-state index < -0.39 is 0 Å². The second kappa shape index (κ2) is 5.53. The van der Waals surface area contributed by atoms with Crippen molar-refractivity contribution in [3.05, 3.63) is 51.0 Å². The topological polar surface area (TPSA) is 70.7 Å². The molecule has 3 aromatic heterocycles. The molecule has 0 spiro atoms. The monoisotopic (exact) mass is 312 g/mol. The third kappa shape index (κ3) is 2.39. The van der Waals surface area contributed by atoms with Gasteiger partial charge >= 0.3 is 0 Å². The lowest BCUT2D eigenvalue weighted by Crippen LogP contribution is -2.08. The zero-order chi connectivity index (χ0) is 14.9. The summed E-state index contributed by atoms with van der Waals surface area (Å²) < 4.78 is 0. The van der Waals surface area contributed by atoms with Crippen LogP contribution >= 0.6 is 11.3 Å². The third-order valence-electron chi connectivity index (χ3n) is 4.03. The molecule has 1 aliphatic carbocycles. The molecule has 5 nitrogen and oxygen atoms in total. The lowest BCUT2D eigenvalue weighted by Gasteiger charge is -2.12. The molecule has 0 bridgehead atoms. The first-order chi connectivity index (χ1) is 10.8. The molecule has 1 aliphatic rings. The van der Waals surface area contributed by atoms with E-state index >= 15 is 0 Å². The van der Waals surface area contributed by atoms with Crippen LogP contribution in [-0.4, -0.2) is 15.0 Å². The number of rotatable bonds is 3. The molecule has 4 rings (SSSR count). The van der Waals surface area contributed by atoms with Crippen molar-refractivity contribution in [2.24, 2.45) is 0 Å². The summed E-state index contributed by atoms with van der Waals surface area (Å²) in [6, 6.07) is 3.12. The first-order valence-electron chi connectivity index (χ1n) is 7.48. The second-order valence-corrected chi connectivity index (χ2v) is 6.60. The number of H-pyrrole nitrogens is 1. The average molecular weight is 312 g/mol. The molecule has 22 heavy (non-hydrogen) atoms. The Balaban J connectivity index is 1.69. The fourth-order valence-electron chi connectivity index (χ4n) is 3.00. The van der Waals surface area contributed by atoms with Crippen molar-refractivity contribution in [1.82, 2.24) is 15.0 Å². The molecule has 2 N–H and O–H groups in total. The minimum absolute atomic E-state index is 0.0105. The zero-order valence-corrected chi connectivity index (χ0v) is 12.9. The second-order valence-electron chi connectivity index (χ2n) is 5.52. The van der Waals surface area contributed by atoms with Crippen LogP contribution < -0.4 is 10.7 Å². The maximum Gasteiger partial charge on any atom is 0.181 e. The van der Waals surface area contributed by atoms with Crippen LogP contribution in [0, 0.1) is 0 Å². The van der Waals surface area contributed by atoms with Crippen LogP contribution in [0.4, 0.5) is 5.82 Å². The fourth-order valence-corrected chi connectivity index (χ4v) is 4.23. The number of aryl methyl sites for hydroxylation is 2. The normalized spacial score (nSPS) is 14.0. The highest BCUT2D eigenvalue weighted by atomic mass is 32.1. The van der Waals surface area contributed by atoms with E-state index in [0.717, 1.165) is 29.2 Å². The van der Waals surface area contributed by atoms with Crippen LogP contribution in [0.25, 0.3) is 10.2 Å². The maximum absolute atomic E-state index is 11.4. The Labute approximate surface area is 131 Å². The van der Waals surface area contributed by atoms with Crippen molar-refractivity contribution in [2.45, 2.75) is 32.2 Å². The lowest BCUT2D eigenvalue weighted by molar-refractivity contribution is 0.700. The molecule has 0 aliphatic heterocycles. The molecule has 0 fully saturated rings. The quantitative estimate of drug-likeness (QED) is 0.780. The van der Waals surface area contributed by atoms with Crippen molar-refractivity contribution in [3.63, 3.8) is 0 Å². The highest BCUT2D eigenvalue weighted by Crippen LogP contribution is 2.38. The Morgan fingerprint density at radius 3 is 3.09 bits per heavy atom. The van der Waals surface area contributed by atoms with E-state index in [1.807, 2.05) is 0 Å². The molecule has 3 heterocycles. The van der Waals surface area contributed by atoms with Crippen LogP contribution in [0.5, 0.6) is 0 Å². The van der Waals surface area contributed by atoms with Crippen molar-refractivity contribution < 1.29 is 0 Å². The smallest absolute Gasteiger partial charge is 0.181 e. The van der Waals surface area contributed by atoms with Gasteiger partial charge in [-0.1, -0.05) is 0 Å². The van der Waals surface area contributed by atoms with Gasteiger partial charge in [-0.25, -0.2) is 9.97 Å². The first kappa shape index (κ1) is 13.5. The van der Waals surface area contributed by atoms with Crippen molar-refractivity contribution in [1.29, 1.82) is 0 Å². The molecular formula is C16H16N4OS. The number of aromatic nitrogens is 3. The number of hydrogen-bond acceptors (Lipinski definition) is 5. The van der Waals surface area contributed by atoms with E-state index in [1.54, 1.807) is 29.9 Å². The van der Waals surface area contributed by atoms with Gasteiger partial charge < -0.3 is 10.3 Å². The molecule has 0 saturated carbocycles. The lowest BCUT2D eigenvalue weighted by atomic mass is 9.97. The Morgan fingerprint density at radius 1 is 1.27 bits per heavy atom. The summed E-state index contributed by atoms with van der Waals surface area (Å²) >= 11 is 1.79. The Bertz CT molecular complexity index is 883. The summed E-state index contributed by atoms with van der Waals surface area (Å²) in [7, 11) is 0. The Hall–Kier alpha value is -2.21. The molecule has 0 aromatic carbocycles. The molecule has 0 unspecified atom stereocenters. The van der Waals surface area contributed by atoms with Gasteiger partial charge in [0.05, 0.1) is 11.9 Å². The van der Waals surface area contributed by atoms with Gasteiger partial charge in [0.15, 0.2) is 5.43 Å². The van der Waals surface area contributed by atoms with Gasteiger partial charge in [0.2, 0.25) is 0 Å². The molecule has 3 aromatic rings. The first-order valence-corrected chi connectivity index (χ1v) is 8.29. The van der Waals surface area contributed by atoms with Crippen LogP contribution in [-0.2, 0) is 19.4 Å². The SMILES string of the molecule is O=c1cc[nH]c(CNc2ncnc3sc4c(c23)CCCC4)c1. The zero-order valence-electron chi connectivity index (χ0n) is 12.1. The molecule has 0 saturated heterocycles. The number of nitrogens with one attached hydrogen (secondary N) is 2. The number of hydrogen-bond donors (Lipinski definition) is 2. The molecule has 112 valence electrons. The van der Waals surface area contributed by atoms with E-state index in [-0.39, 0.29) is 5.43 Å². The van der Waals surface area contributed by atoms with Gasteiger partial charge in [-0.05, 0) is 31.2 Å². The summed E-state index contributed by atoms with van der Waals surface area (Å²) in [4.78, 5) is 25.8. The largest absolute Gasteiger partial charge is 0.364 e. The van der Waals surface area contributed by atoms with Gasteiger partial charge in [0.25, 0.3) is 0 Å². The van der Waals surface area contributed by atoms with Crippen molar-refractivity contribution in [2.75, 3.05) is 5.32 Å². The molecule has 0 amide bonds. The average Bonchev–Trinajstić information content (AvgIpc) is 2.92. The van der Waals surface area contributed by atoms with Gasteiger partial charge in [-0.2, -0.15) is 0 Å². The minimum atomic E-state index is 0.0105. The number of aromatic amines is 1. The number of anilines is 1. The number of pyridine rings is 1. The number of nitrogens with zero attached hydrogens (tertiary/aromatic N) is 2. The van der Waals surface area contributed by atoms with Gasteiger partial charge in [-0.3, -0.25) is 4.79 Å². The van der Waals surface area contributed by atoms with E-state index in [9.17, 15) is 4.79 Å². The molecule has 6 heteroatoms. The maximum atomic E-state index is 11.4. The van der Waals surface area contributed by atoms with E-state index in [0.29, 0.717) is 6.54 Å². The fraction of sp³-hybridized carbons (Fsp3) is 0.312. The van der Waals surface area contributed by atoms with Crippen LogP contribution in [0.3, 0.4) is 0 Å². The summed E-state index contributed by atoms with van der Waals surface area (Å²) in [5.41, 5.74) is 2.27. The van der Waals surface area contributed by atoms with E-state index in [1.165, 1.54) is 34.7 Å². The molecular weight excluding hydrogens is 296 g/mol. The van der Waals surface area contributed by atoms with Gasteiger partial charge in [0, 0.05) is 28.9 Å². The third-order valence-corrected chi connectivity index (χ3v) is 5.23. The minimum Gasteiger partial charge on any atom is -0.364 e. The predicted octanol–water partition coefficient (Wildman–Crippen LogP) is 2.87.